The monoisotopic (exact) mass is 627 g/mol. The molecule has 0 fully saturated rings. The van der Waals surface area contributed by atoms with Gasteiger partial charge in [-0.25, -0.2) is 24.4 Å². The molecule has 1 amide bonds. The number of rotatable bonds is 9. The SMILES string of the molecule is CCN(Cc1cc(C(=O)O)cc(C(=O)O)c1)C(=O)c1ccc2cc(OC(=O)c3ccc(N=C(N)N)cc3)ccc2n1.Cl.Cl. The van der Waals surface area contributed by atoms with Crippen molar-refractivity contribution in [3.8, 4) is 5.75 Å². The second kappa shape index (κ2) is 14.6. The van der Waals surface area contributed by atoms with Crippen LogP contribution in [0.3, 0.4) is 0 Å². The highest BCUT2D eigenvalue weighted by molar-refractivity contribution is 5.96. The molecule has 4 aromatic rings. The number of aromatic carboxylic acids is 2. The fourth-order valence-corrected chi connectivity index (χ4v) is 4.01. The lowest BCUT2D eigenvalue weighted by Gasteiger charge is -2.21. The fraction of sp³-hybridized carbons (Fsp3) is 0.103. The Morgan fingerprint density at radius 2 is 1.47 bits per heavy atom. The van der Waals surface area contributed by atoms with Gasteiger partial charge in [-0.3, -0.25) is 4.79 Å². The number of guanidine groups is 1. The summed E-state index contributed by atoms with van der Waals surface area (Å²) in [5, 5.41) is 19.3. The Morgan fingerprint density at radius 1 is 0.837 bits per heavy atom. The molecule has 1 aromatic heterocycles. The summed E-state index contributed by atoms with van der Waals surface area (Å²) in [5.41, 5.74) is 12.1. The summed E-state index contributed by atoms with van der Waals surface area (Å²) in [4.78, 5) is 58.5. The molecule has 1 heterocycles. The van der Waals surface area contributed by atoms with Crippen molar-refractivity contribution in [2.45, 2.75) is 13.5 Å². The van der Waals surface area contributed by atoms with Crippen LogP contribution in [0.5, 0.6) is 5.75 Å². The van der Waals surface area contributed by atoms with E-state index in [4.69, 9.17) is 16.2 Å². The quantitative estimate of drug-likeness (QED) is 0.0899. The molecular weight excluding hydrogens is 601 g/mol. The molecule has 0 saturated heterocycles. The van der Waals surface area contributed by atoms with Crippen LogP contribution in [0.15, 0.2) is 77.8 Å². The number of halogens is 2. The summed E-state index contributed by atoms with van der Waals surface area (Å²) in [5.74, 6) is -3.38. The largest absolute Gasteiger partial charge is 0.478 e. The van der Waals surface area contributed by atoms with E-state index in [1.54, 1.807) is 43.3 Å². The van der Waals surface area contributed by atoms with Crippen molar-refractivity contribution in [3.05, 3.63) is 101 Å². The van der Waals surface area contributed by atoms with Gasteiger partial charge < -0.3 is 31.3 Å². The highest BCUT2D eigenvalue weighted by atomic mass is 35.5. The molecular formula is C29H27Cl2N5O7. The molecule has 0 radical (unpaired) electrons. The topological polar surface area (TPSA) is 198 Å². The van der Waals surface area contributed by atoms with Gasteiger partial charge in [0.15, 0.2) is 5.96 Å². The second-order valence-corrected chi connectivity index (χ2v) is 8.87. The second-order valence-electron chi connectivity index (χ2n) is 8.87. The Balaban J connectivity index is 0.00000323. The minimum absolute atomic E-state index is 0. The zero-order chi connectivity index (χ0) is 29.7. The fourth-order valence-electron chi connectivity index (χ4n) is 4.01. The molecule has 0 spiro atoms. The standard InChI is InChI=1S/C29H25N5O7.2ClH/c1-2-34(15-16-11-19(26(36)37)13-20(12-16)27(38)39)25(35)24-9-5-18-14-22(8-10-23(18)33-24)41-28(40)17-3-6-21(7-4-17)32-29(30)31;;/h3-14H,2,15H2,1H3,(H,36,37)(H,38,39)(H4,30,31,32);2*1H. The maximum Gasteiger partial charge on any atom is 0.343 e. The number of esters is 1. The van der Waals surface area contributed by atoms with Crippen molar-refractivity contribution >= 4 is 71.2 Å². The predicted octanol–water partition coefficient (Wildman–Crippen LogP) is 4.26. The maximum absolute atomic E-state index is 13.3. The zero-order valence-electron chi connectivity index (χ0n) is 22.6. The van der Waals surface area contributed by atoms with Crippen LogP contribution in [0.1, 0.15) is 54.0 Å². The van der Waals surface area contributed by atoms with E-state index >= 15 is 0 Å². The number of carboxylic acid groups (broad SMARTS) is 2. The number of benzene rings is 3. The van der Waals surface area contributed by atoms with Gasteiger partial charge in [0.2, 0.25) is 0 Å². The number of carboxylic acids is 2. The van der Waals surface area contributed by atoms with E-state index in [-0.39, 0.29) is 66.4 Å². The molecule has 3 aromatic carbocycles. The van der Waals surface area contributed by atoms with Gasteiger partial charge in [0.25, 0.3) is 5.91 Å². The number of carbonyl (C=O) groups excluding carboxylic acids is 2. The summed E-state index contributed by atoms with van der Waals surface area (Å²) in [6.45, 7) is 1.99. The molecule has 0 aliphatic carbocycles. The first-order valence-electron chi connectivity index (χ1n) is 12.3. The Labute approximate surface area is 257 Å². The number of nitrogens with zero attached hydrogens (tertiary/aromatic N) is 3. The minimum Gasteiger partial charge on any atom is -0.478 e. The first-order chi connectivity index (χ1) is 19.5. The molecule has 0 atom stereocenters. The van der Waals surface area contributed by atoms with Gasteiger partial charge >= 0.3 is 17.9 Å². The normalized spacial score (nSPS) is 10.1. The summed E-state index contributed by atoms with van der Waals surface area (Å²) < 4.78 is 5.47. The van der Waals surface area contributed by atoms with Crippen LogP contribution in [-0.4, -0.2) is 56.4 Å². The Morgan fingerprint density at radius 3 is 2.02 bits per heavy atom. The first kappa shape index (κ1) is 34.0. The van der Waals surface area contributed by atoms with Gasteiger partial charge in [-0.15, -0.1) is 24.8 Å². The number of nitrogens with two attached hydrogens (primary N) is 2. The van der Waals surface area contributed by atoms with Crippen molar-refractivity contribution < 1.29 is 34.1 Å². The van der Waals surface area contributed by atoms with Crippen LogP contribution in [0.25, 0.3) is 10.9 Å². The molecule has 4 rings (SSSR count). The Hall–Kier alpha value is -5.20. The molecule has 0 aliphatic heterocycles. The van der Waals surface area contributed by atoms with Crippen LogP contribution >= 0.6 is 24.8 Å². The molecule has 224 valence electrons. The third-order valence-corrected chi connectivity index (χ3v) is 5.98. The lowest BCUT2D eigenvalue weighted by Crippen LogP contribution is -2.31. The third-order valence-electron chi connectivity index (χ3n) is 5.98. The van der Waals surface area contributed by atoms with Gasteiger partial charge in [-0.1, -0.05) is 6.07 Å². The minimum atomic E-state index is -1.27. The molecule has 14 heteroatoms. The van der Waals surface area contributed by atoms with E-state index < -0.39 is 23.8 Å². The van der Waals surface area contributed by atoms with E-state index in [1.165, 1.54) is 35.2 Å². The molecule has 0 bridgehead atoms. The lowest BCUT2D eigenvalue weighted by molar-refractivity contribution is 0.0692. The van der Waals surface area contributed by atoms with Crippen LogP contribution in [0.2, 0.25) is 0 Å². The number of pyridine rings is 1. The average molecular weight is 628 g/mol. The molecule has 0 unspecified atom stereocenters. The van der Waals surface area contributed by atoms with E-state index in [0.717, 1.165) is 6.07 Å². The number of aromatic nitrogens is 1. The summed E-state index contributed by atoms with van der Waals surface area (Å²) >= 11 is 0. The Kier molecular flexibility index (Phi) is 11.6. The molecule has 0 aliphatic rings. The van der Waals surface area contributed by atoms with Crippen LogP contribution in [0, 0.1) is 0 Å². The maximum atomic E-state index is 13.3. The number of fused-ring (bicyclic) bond motifs is 1. The van der Waals surface area contributed by atoms with Crippen molar-refractivity contribution in [2.75, 3.05) is 6.54 Å². The Bertz CT molecular complexity index is 1680. The van der Waals surface area contributed by atoms with E-state index in [9.17, 15) is 29.4 Å². The third kappa shape index (κ3) is 8.41. The average Bonchev–Trinajstić information content (AvgIpc) is 2.95. The van der Waals surface area contributed by atoms with Gasteiger partial charge in [-0.2, -0.15) is 0 Å². The van der Waals surface area contributed by atoms with Gasteiger partial charge in [0.1, 0.15) is 11.4 Å². The van der Waals surface area contributed by atoms with Crippen molar-refractivity contribution in [1.82, 2.24) is 9.88 Å². The number of hydrogen-bond acceptors (Lipinski definition) is 7. The summed E-state index contributed by atoms with van der Waals surface area (Å²) in [7, 11) is 0. The van der Waals surface area contributed by atoms with Crippen LogP contribution in [-0.2, 0) is 6.54 Å². The highest BCUT2D eigenvalue weighted by Crippen LogP contribution is 2.23. The van der Waals surface area contributed by atoms with Crippen molar-refractivity contribution in [1.29, 1.82) is 0 Å². The highest BCUT2D eigenvalue weighted by Gasteiger charge is 2.19. The number of carbonyl (C=O) groups is 4. The summed E-state index contributed by atoms with van der Waals surface area (Å²) in [6, 6.07) is 17.9. The van der Waals surface area contributed by atoms with Gasteiger partial charge in [0.05, 0.1) is 27.9 Å². The van der Waals surface area contributed by atoms with Gasteiger partial charge in [-0.05, 0) is 79.2 Å². The smallest absolute Gasteiger partial charge is 0.343 e. The number of aliphatic imine (C=N–C) groups is 1. The number of ether oxygens (including phenoxy) is 1. The van der Waals surface area contributed by atoms with E-state index in [1.807, 2.05) is 0 Å². The predicted molar refractivity (Wildman–Crippen MR) is 164 cm³/mol. The van der Waals surface area contributed by atoms with Crippen LogP contribution in [0.4, 0.5) is 5.69 Å². The van der Waals surface area contributed by atoms with E-state index in [0.29, 0.717) is 27.7 Å². The number of hydrogen-bond donors (Lipinski definition) is 4. The van der Waals surface area contributed by atoms with Gasteiger partial charge in [0, 0.05) is 18.5 Å². The van der Waals surface area contributed by atoms with Crippen molar-refractivity contribution in [2.24, 2.45) is 16.5 Å². The van der Waals surface area contributed by atoms with Crippen molar-refractivity contribution in [3.63, 3.8) is 0 Å². The number of amides is 1. The first-order valence-corrected chi connectivity index (χ1v) is 12.3. The summed E-state index contributed by atoms with van der Waals surface area (Å²) in [6.07, 6.45) is 0. The lowest BCUT2D eigenvalue weighted by atomic mass is 10.0. The molecule has 43 heavy (non-hydrogen) atoms. The molecule has 6 N–H and O–H groups in total. The zero-order valence-corrected chi connectivity index (χ0v) is 24.2. The van der Waals surface area contributed by atoms with Crippen LogP contribution < -0.4 is 16.2 Å². The molecule has 0 saturated carbocycles. The molecule has 12 nitrogen and oxygen atoms in total. The van der Waals surface area contributed by atoms with E-state index in [2.05, 4.69) is 9.98 Å².